The maximum Gasteiger partial charge on any atom is 0.239 e. The fourth-order valence-electron chi connectivity index (χ4n) is 7.47. The van der Waals surface area contributed by atoms with Gasteiger partial charge in [-0.1, -0.05) is 74.0 Å². The monoisotopic (exact) mass is 505 g/mol. The lowest BCUT2D eigenvalue weighted by Crippen LogP contribution is -2.41. The fourth-order valence-corrected chi connectivity index (χ4v) is 7.47. The summed E-state index contributed by atoms with van der Waals surface area (Å²) in [6.07, 6.45) is 1.23. The maximum atomic E-state index is 14.7. The number of carbonyl (C=O) groups excluding carboxylic acids is 3. The van der Waals surface area contributed by atoms with Gasteiger partial charge in [0.1, 0.15) is 5.75 Å². The first-order valence-corrected chi connectivity index (χ1v) is 13.4. The van der Waals surface area contributed by atoms with Gasteiger partial charge in [-0.25, -0.2) is 4.90 Å². The number of ether oxygens (including phenoxy) is 1. The second kappa shape index (κ2) is 8.80. The quantitative estimate of drug-likeness (QED) is 0.359. The minimum atomic E-state index is -1.11. The van der Waals surface area contributed by atoms with E-state index in [0.29, 0.717) is 30.9 Å². The van der Waals surface area contributed by atoms with Crippen LogP contribution in [0.2, 0.25) is 0 Å². The molecule has 0 spiro atoms. The van der Waals surface area contributed by atoms with E-state index >= 15 is 0 Å². The molecule has 4 atom stereocenters. The van der Waals surface area contributed by atoms with Gasteiger partial charge in [0, 0.05) is 0 Å². The zero-order chi connectivity index (χ0) is 26.7. The highest BCUT2D eigenvalue weighted by Crippen LogP contribution is 2.74. The number of anilines is 1. The van der Waals surface area contributed by atoms with Gasteiger partial charge in [-0.15, -0.1) is 0 Å². The first-order chi connectivity index (χ1) is 18.4. The molecule has 0 aromatic heterocycles. The van der Waals surface area contributed by atoms with Gasteiger partial charge in [0.05, 0.1) is 35.0 Å². The van der Waals surface area contributed by atoms with Crippen molar-refractivity contribution >= 4 is 34.4 Å². The van der Waals surface area contributed by atoms with Crippen molar-refractivity contribution in [3.8, 4) is 5.75 Å². The molecule has 1 heterocycles. The molecule has 6 rings (SSSR count). The van der Waals surface area contributed by atoms with Crippen molar-refractivity contribution in [3.63, 3.8) is 0 Å². The number of imide groups is 1. The van der Waals surface area contributed by atoms with Gasteiger partial charge < -0.3 is 4.74 Å². The van der Waals surface area contributed by atoms with Crippen LogP contribution in [0.15, 0.2) is 84.9 Å². The Bertz CT molecular complexity index is 1460. The average molecular weight is 506 g/mol. The molecule has 0 radical (unpaired) electrons. The molecular formula is C33H31NO4. The van der Waals surface area contributed by atoms with E-state index in [1.54, 1.807) is 24.3 Å². The molecule has 2 bridgehead atoms. The predicted molar refractivity (Wildman–Crippen MR) is 147 cm³/mol. The number of hydrogen-bond acceptors (Lipinski definition) is 4. The van der Waals surface area contributed by atoms with E-state index in [2.05, 4.69) is 0 Å². The van der Waals surface area contributed by atoms with Crippen molar-refractivity contribution in [2.75, 3.05) is 11.5 Å². The van der Waals surface area contributed by atoms with E-state index in [1.165, 1.54) is 4.90 Å². The standard InChI is InChI=1S/C33H31NO4/c1-4-20-33-26(22-14-10-7-11-15-22)25(21-12-8-6-9-13-21)32(3,31(33)37)27-28(33)30(36)34(29(27)35)23-16-18-24(19-17-23)38-5-2/h6-19,27-28H,4-5,20H2,1-3H3/t27-,28-,32+,33-/m1/s1. The van der Waals surface area contributed by atoms with E-state index in [4.69, 9.17) is 4.74 Å². The van der Waals surface area contributed by atoms with Crippen LogP contribution in [0.3, 0.4) is 0 Å². The van der Waals surface area contributed by atoms with Crippen LogP contribution in [-0.4, -0.2) is 24.2 Å². The Morgan fingerprint density at radius 2 is 1.29 bits per heavy atom. The minimum Gasteiger partial charge on any atom is -0.494 e. The largest absolute Gasteiger partial charge is 0.494 e. The lowest BCUT2D eigenvalue weighted by Gasteiger charge is -2.37. The molecule has 1 saturated heterocycles. The van der Waals surface area contributed by atoms with Gasteiger partial charge in [0.15, 0.2) is 5.78 Å². The molecule has 0 unspecified atom stereocenters. The smallest absolute Gasteiger partial charge is 0.239 e. The third-order valence-corrected chi connectivity index (χ3v) is 8.73. The minimum absolute atomic E-state index is 0.00704. The summed E-state index contributed by atoms with van der Waals surface area (Å²) in [4.78, 5) is 44.5. The average Bonchev–Trinajstić information content (AvgIpc) is 3.40. The van der Waals surface area contributed by atoms with Crippen molar-refractivity contribution < 1.29 is 19.1 Å². The van der Waals surface area contributed by atoms with Crippen LogP contribution in [0, 0.1) is 22.7 Å². The molecule has 38 heavy (non-hydrogen) atoms. The number of fused-ring (bicyclic) bond motifs is 5. The summed E-state index contributed by atoms with van der Waals surface area (Å²) in [5.74, 6) is -1.37. The molecule has 2 fully saturated rings. The molecular weight excluding hydrogens is 474 g/mol. The number of benzene rings is 3. The van der Waals surface area contributed by atoms with Crippen LogP contribution in [0.1, 0.15) is 44.7 Å². The van der Waals surface area contributed by atoms with Crippen LogP contribution >= 0.6 is 0 Å². The van der Waals surface area contributed by atoms with E-state index in [-0.39, 0.29) is 17.6 Å². The van der Waals surface area contributed by atoms with Gasteiger partial charge in [0.25, 0.3) is 0 Å². The first-order valence-electron chi connectivity index (χ1n) is 13.4. The molecule has 5 heteroatoms. The Labute approximate surface area is 223 Å². The highest BCUT2D eigenvalue weighted by atomic mass is 16.5. The summed E-state index contributed by atoms with van der Waals surface area (Å²) in [5.41, 5.74) is 2.01. The van der Waals surface area contributed by atoms with Crippen LogP contribution in [0.4, 0.5) is 5.69 Å². The molecule has 2 amide bonds. The number of rotatable bonds is 7. The molecule has 192 valence electrons. The fraction of sp³-hybridized carbons (Fsp3) is 0.303. The zero-order valence-corrected chi connectivity index (χ0v) is 21.9. The molecule has 5 nitrogen and oxygen atoms in total. The lowest BCUT2D eigenvalue weighted by molar-refractivity contribution is -0.134. The van der Waals surface area contributed by atoms with Crippen molar-refractivity contribution in [3.05, 3.63) is 96.1 Å². The normalized spacial score (nSPS) is 27.9. The number of carbonyl (C=O) groups is 3. The van der Waals surface area contributed by atoms with Crippen molar-refractivity contribution in [1.82, 2.24) is 0 Å². The molecule has 1 aliphatic heterocycles. The lowest BCUT2D eigenvalue weighted by atomic mass is 9.61. The van der Waals surface area contributed by atoms with Gasteiger partial charge in [-0.05, 0) is 66.8 Å². The summed E-state index contributed by atoms with van der Waals surface area (Å²) in [6, 6.07) is 26.9. The van der Waals surface area contributed by atoms with Gasteiger partial charge in [-0.3, -0.25) is 14.4 Å². The second-order valence-electron chi connectivity index (χ2n) is 10.6. The van der Waals surface area contributed by atoms with E-state index in [0.717, 1.165) is 22.3 Å². The predicted octanol–water partition coefficient (Wildman–Crippen LogP) is 6.19. The first kappa shape index (κ1) is 24.4. The summed E-state index contributed by atoms with van der Waals surface area (Å²) in [6.45, 7) is 6.38. The number of ketones is 1. The zero-order valence-electron chi connectivity index (χ0n) is 21.9. The van der Waals surface area contributed by atoms with Gasteiger partial charge in [0.2, 0.25) is 11.8 Å². The molecule has 3 aliphatic rings. The van der Waals surface area contributed by atoms with Crippen LogP contribution in [0.25, 0.3) is 11.1 Å². The Kier molecular flexibility index (Phi) is 5.64. The van der Waals surface area contributed by atoms with E-state index < -0.39 is 22.7 Å². The van der Waals surface area contributed by atoms with Crippen molar-refractivity contribution in [1.29, 1.82) is 0 Å². The summed E-state index contributed by atoms with van der Waals surface area (Å²) in [5, 5.41) is 0. The maximum absolute atomic E-state index is 14.7. The Morgan fingerprint density at radius 3 is 1.84 bits per heavy atom. The van der Waals surface area contributed by atoms with Crippen molar-refractivity contribution in [2.24, 2.45) is 22.7 Å². The van der Waals surface area contributed by atoms with Gasteiger partial charge >= 0.3 is 0 Å². The molecule has 1 saturated carbocycles. The Balaban J connectivity index is 1.59. The Morgan fingerprint density at radius 1 is 0.737 bits per heavy atom. The Hall–Kier alpha value is -3.99. The van der Waals surface area contributed by atoms with Crippen LogP contribution in [-0.2, 0) is 14.4 Å². The van der Waals surface area contributed by atoms with Crippen LogP contribution < -0.4 is 9.64 Å². The highest BCUT2D eigenvalue weighted by molar-refractivity contribution is 6.34. The van der Waals surface area contributed by atoms with E-state index in [1.807, 2.05) is 81.4 Å². The number of hydrogen-bond donors (Lipinski definition) is 0. The molecule has 3 aromatic carbocycles. The molecule has 2 aliphatic carbocycles. The third kappa shape index (κ3) is 3.02. The van der Waals surface area contributed by atoms with E-state index in [9.17, 15) is 14.4 Å². The molecule has 0 N–H and O–H groups in total. The highest BCUT2D eigenvalue weighted by Gasteiger charge is 2.80. The number of amides is 2. The second-order valence-corrected chi connectivity index (χ2v) is 10.6. The summed E-state index contributed by atoms with van der Waals surface area (Å²) < 4.78 is 5.56. The van der Waals surface area contributed by atoms with Gasteiger partial charge in [-0.2, -0.15) is 0 Å². The van der Waals surface area contributed by atoms with Crippen LogP contribution in [0.5, 0.6) is 5.75 Å². The third-order valence-electron chi connectivity index (χ3n) is 8.73. The topological polar surface area (TPSA) is 63.7 Å². The SMILES string of the molecule is CCC[C@@]12C(=O)[C@@](C)(C(c3ccccc3)=C1c1ccccc1)[C@H]1C(=O)N(c3ccc(OCC)cc3)C(=O)[C@@H]12. The number of nitrogens with zero attached hydrogens (tertiary/aromatic N) is 1. The summed E-state index contributed by atoms with van der Waals surface area (Å²) in [7, 11) is 0. The summed E-state index contributed by atoms with van der Waals surface area (Å²) >= 11 is 0. The number of Topliss-reactive ketones (excluding diaryl/α,β-unsaturated/α-hetero) is 1. The number of allylic oxidation sites excluding steroid dienone is 2. The van der Waals surface area contributed by atoms with Crippen molar-refractivity contribution in [2.45, 2.75) is 33.6 Å². The molecule has 3 aromatic rings.